The first kappa shape index (κ1) is 40.5. The van der Waals surface area contributed by atoms with Gasteiger partial charge >= 0.3 is 0 Å². The van der Waals surface area contributed by atoms with E-state index in [0.29, 0.717) is 0 Å². The van der Waals surface area contributed by atoms with Crippen LogP contribution in [0.4, 0.5) is 32.8 Å². The summed E-state index contributed by atoms with van der Waals surface area (Å²) in [4.78, 5) is 4.51. The fourth-order valence-corrected chi connectivity index (χ4v) is 11.0. The summed E-state index contributed by atoms with van der Waals surface area (Å²) in [7, 11) is 0. The zero-order valence-electron chi connectivity index (χ0n) is 38.3. The first-order valence-electron chi connectivity index (χ1n) is 23.7. The van der Waals surface area contributed by atoms with Crippen molar-refractivity contribution < 1.29 is 4.39 Å². The second-order valence-corrected chi connectivity index (χ2v) is 18.8. The van der Waals surface area contributed by atoms with Crippen LogP contribution in [0.3, 0.4) is 0 Å². The Balaban J connectivity index is 0.919. The van der Waals surface area contributed by atoms with E-state index < -0.39 is 0 Å². The van der Waals surface area contributed by atoms with Crippen molar-refractivity contribution in [2.45, 2.75) is 19.3 Å². The van der Waals surface area contributed by atoms with E-state index in [1.54, 1.807) is 0 Å². The van der Waals surface area contributed by atoms with Gasteiger partial charge in [-0.25, -0.2) is 4.39 Å². The van der Waals surface area contributed by atoms with Crippen LogP contribution >= 0.6 is 0 Å². The molecule has 0 saturated carbocycles. The van der Waals surface area contributed by atoms with E-state index in [2.05, 4.69) is 247 Å². The van der Waals surface area contributed by atoms with Gasteiger partial charge in [0, 0.05) is 56.5 Å². The summed E-state index contributed by atoms with van der Waals surface area (Å²) in [5.41, 5.74) is 17.0. The van der Waals surface area contributed by atoms with Crippen molar-refractivity contribution in [1.82, 2.24) is 4.57 Å². The van der Waals surface area contributed by atoms with Crippen molar-refractivity contribution in [3.05, 3.63) is 259 Å². The average Bonchev–Trinajstić information content (AvgIpc) is 3.85. The second kappa shape index (κ2) is 16.0. The Morgan fingerprint density at radius 1 is 0.420 bits per heavy atom. The Kier molecular flexibility index (Phi) is 9.38. The van der Waals surface area contributed by atoms with Gasteiger partial charge in [-0.05, 0) is 164 Å². The van der Waals surface area contributed by atoms with Crippen molar-refractivity contribution in [3.63, 3.8) is 0 Å². The Hall–Kier alpha value is -8.73. The lowest BCUT2D eigenvalue weighted by Gasteiger charge is -2.26. The third-order valence-corrected chi connectivity index (χ3v) is 14.3. The molecule has 0 bridgehead atoms. The highest BCUT2D eigenvalue weighted by Crippen LogP contribution is 2.50. The van der Waals surface area contributed by atoms with Gasteiger partial charge in [0.2, 0.25) is 0 Å². The minimum Gasteiger partial charge on any atom is -0.317 e. The number of benzene rings is 11. The molecular weight excluding hydrogens is 842 g/mol. The van der Waals surface area contributed by atoms with Crippen LogP contribution in [0.25, 0.3) is 77.4 Å². The van der Waals surface area contributed by atoms with Crippen molar-refractivity contribution >= 4 is 77.9 Å². The number of fused-ring (bicyclic) bond motifs is 4. The number of para-hydroxylation sites is 2. The molecule has 0 spiro atoms. The van der Waals surface area contributed by atoms with Crippen molar-refractivity contribution in [2.75, 3.05) is 9.80 Å². The lowest BCUT2D eigenvalue weighted by Crippen LogP contribution is -2.16. The Morgan fingerprint density at radius 3 is 1.77 bits per heavy atom. The van der Waals surface area contributed by atoms with Crippen LogP contribution in [-0.4, -0.2) is 4.57 Å². The average molecular weight is 888 g/mol. The maximum absolute atomic E-state index is 14.3. The summed E-state index contributed by atoms with van der Waals surface area (Å²) < 4.78 is 16.8. The van der Waals surface area contributed by atoms with Gasteiger partial charge < -0.3 is 14.4 Å². The molecule has 13 rings (SSSR count). The minimum absolute atomic E-state index is 0.145. The molecule has 0 atom stereocenters. The lowest BCUT2D eigenvalue weighted by atomic mass is 9.82. The van der Waals surface area contributed by atoms with E-state index in [-0.39, 0.29) is 11.2 Å². The van der Waals surface area contributed by atoms with Crippen LogP contribution in [-0.2, 0) is 5.41 Å². The van der Waals surface area contributed by atoms with Crippen LogP contribution in [0.1, 0.15) is 30.5 Å². The van der Waals surface area contributed by atoms with E-state index in [4.69, 9.17) is 0 Å². The van der Waals surface area contributed by atoms with Gasteiger partial charge in [0.1, 0.15) is 5.82 Å². The van der Waals surface area contributed by atoms with Gasteiger partial charge in [-0.1, -0.05) is 147 Å². The molecule has 1 aromatic heterocycles. The summed E-state index contributed by atoms with van der Waals surface area (Å²) in [5.74, 6) is -0.257. The normalized spacial score (nSPS) is 12.9. The number of rotatable bonds is 9. The molecule has 0 aliphatic heterocycles. The topological polar surface area (TPSA) is 11.4 Å². The molecular formula is C65H46FN3. The number of halogens is 1. The standard InChI is InChI=1S/C65H46FN3/c1-65(2)59-20-12-11-19-57(59)58-34-33-54(41-60(58)65)67(51-31-28-50(66)29-32-51)36-35-43-21-23-45(24-22-43)49-37-47-25-26-48-39-56(68(52-15-5-3-6-16-52)53-17-7-4-8-18-53)42-62-64(48)63(47)61(40-49)69(62)55-30-27-44-13-9-10-14-46(44)38-55/h3-42H,1-2H3/b36-35+. The molecule has 0 radical (unpaired) electrons. The van der Waals surface area contributed by atoms with Gasteiger partial charge in [-0.15, -0.1) is 0 Å². The van der Waals surface area contributed by atoms with Crippen LogP contribution < -0.4 is 9.80 Å². The number of hydrogen-bond donors (Lipinski definition) is 0. The second-order valence-electron chi connectivity index (χ2n) is 18.8. The fraction of sp³-hybridized carbons (Fsp3) is 0.0462. The molecule has 12 aromatic rings. The molecule has 1 aliphatic carbocycles. The summed E-state index contributed by atoms with van der Waals surface area (Å²) >= 11 is 0. The van der Waals surface area contributed by atoms with Gasteiger partial charge in [0.05, 0.1) is 11.0 Å². The zero-order valence-corrected chi connectivity index (χ0v) is 38.3. The first-order valence-corrected chi connectivity index (χ1v) is 23.7. The van der Waals surface area contributed by atoms with Gasteiger partial charge in [-0.3, -0.25) is 0 Å². The number of anilines is 5. The smallest absolute Gasteiger partial charge is 0.123 e. The SMILES string of the molecule is CC1(C)c2ccccc2-c2ccc(N(/C=C/c3ccc(-c4cc5ccc6cc(N(c7ccccc7)c7ccccc7)cc7c6c5c(c4)n7-c4ccc5ccccc5c4)cc3)c3ccc(F)cc3)cc21. The summed E-state index contributed by atoms with van der Waals surface area (Å²) in [6.45, 7) is 4.60. The third kappa shape index (κ3) is 6.78. The Bertz CT molecular complexity index is 3880. The van der Waals surface area contributed by atoms with Gasteiger partial charge in [-0.2, -0.15) is 0 Å². The lowest BCUT2D eigenvalue weighted by molar-refractivity contribution is 0.628. The molecule has 4 heteroatoms. The van der Waals surface area contributed by atoms with E-state index in [1.807, 2.05) is 12.1 Å². The molecule has 0 fully saturated rings. The van der Waals surface area contributed by atoms with E-state index in [9.17, 15) is 4.39 Å². The monoisotopic (exact) mass is 887 g/mol. The van der Waals surface area contributed by atoms with Gasteiger partial charge in [0.25, 0.3) is 0 Å². The van der Waals surface area contributed by atoms with E-state index in [1.165, 1.54) is 72.2 Å². The van der Waals surface area contributed by atoms with E-state index in [0.717, 1.165) is 56.3 Å². The molecule has 0 N–H and O–H groups in total. The molecule has 328 valence electrons. The van der Waals surface area contributed by atoms with Crippen LogP contribution in [0.2, 0.25) is 0 Å². The number of nitrogens with zero attached hydrogens (tertiary/aromatic N) is 3. The Labute approximate surface area is 401 Å². The van der Waals surface area contributed by atoms with Crippen molar-refractivity contribution in [1.29, 1.82) is 0 Å². The minimum atomic E-state index is -0.257. The quantitative estimate of drug-likeness (QED) is 0.134. The molecule has 0 amide bonds. The number of hydrogen-bond acceptors (Lipinski definition) is 2. The molecule has 0 saturated heterocycles. The highest BCUT2D eigenvalue weighted by Gasteiger charge is 2.35. The van der Waals surface area contributed by atoms with E-state index >= 15 is 0 Å². The molecule has 3 nitrogen and oxygen atoms in total. The largest absolute Gasteiger partial charge is 0.317 e. The predicted octanol–water partition coefficient (Wildman–Crippen LogP) is 17.9. The zero-order chi connectivity index (χ0) is 46.2. The molecule has 1 heterocycles. The van der Waals surface area contributed by atoms with Crippen LogP contribution in [0.15, 0.2) is 237 Å². The number of aromatic nitrogens is 1. The summed E-state index contributed by atoms with van der Waals surface area (Å²) in [6.07, 6.45) is 4.24. The van der Waals surface area contributed by atoms with Gasteiger partial charge in [0.15, 0.2) is 0 Å². The maximum Gasteiger partial charge on any atom is 0.123 e. The highest BCUT2D eigenvalue weighted by molar-refractivity contribution is 6.26. The maximum atomic E-state index is 14.3. The Morgan fingerprint density at radius 2 is 1.03 bits per heavy atom. The third-order valence-electron chi connectivity index (χ3n) is 14.3. The van der Waals surface area contributed by atoms with Crippen LogP contribution in [0.5, 0.6) is 0 Å². The molecule has 69 heavy (non-hydrogen) atoms. The van der Waals surface area contributed by atoms with Crippen molar-refractivity contribution in [3.8, 4) is 27.9 Å². The summed E-state index contributed by atoms with van der Waals surface area (Å²) in [6, 6.07) is 81.7. The van der Waals surface area contributed by atoms with Crippen molar-refractivity contribution in [2.24, 2.45) is 0 Å². The first-order chi connectivity index (χ1) is 33.9. The predicted molar refractivity (Wildman–Crippen MR) is 289 cm³/mol. The molecule has 0 unspecified atom stereocenters. The fourth-order valence-electron chi connectivity index (χ4n) is 11.0. The molecule has 11 aromatic carbocycles. The highest BCUT2D eigenvalue weighted by atomic mass is 19.1. The molecule has 1 aliphatic rings. The van der Waals surface area contributed by atoms with Crippen LogP contribution in [0, 0.1) is 5.82 Å². The summed E-state index contributed by atoms with van der Waals surface area (Å²) in [5, 5.41) is 7.34.